The summed E-state index contributed by atoms with van der Waals surface area (Å²) >= 11 is 0. The third kappa shape index (κ3) is 32.9. The van der Waals surface area contributed by atoms with Crippen molar-refractivity contribution >= 4 is 5.91 Å². The molecule has 0 bridgehead atoms. The molecule has 0 radical (unpaired) electrons. The van der Waals surface area contributed by atoms with E-state index in [1.807, 2.05) is 6.08 Å². The van der Waals surface area contributed by atoms with Gasteiger partial charge in [0.2, 0.25) is 5.91 Å². The second-order valence-corrected chi connectivity index (χ2v) is 18.3. The lowest BCUT2D eigenvalue weighted by Gasteiger charge is -2.40. The van der Waals surface area contributed by atoms with Crippen molar-refractivity contribution in [2.45, 2.75) is 288 Å². The fourth-order valence-corrected chi connectivity index (χ4v) is 8.35. The molecule has 7 unspecified atom stereocenters. The average molecular weight is 866 g/mol. The van der Waals surface area contributed by atoms with Crippen LogP contribution in [0.1, 0.15) is 245 Å². The summed E-state index contributed by atoms with van der Waals surface area (Å²) in [6.45, 7) is 3.77. The molecule has 360 valence electrons. The average Bonchev–Trinajstić information content (AvgIpc) is 3.26. The van der Waals surface area contributed by atoms with Crippen molar-refractivity contribution < 1.29 is 39.8 Å². The van der Waals surface area contributed by atoms with Gasteiger partial charge in [0.05, 0.1) is 25.4 Å². The molecule has 0 aromatic rings. The maximum atomic E-state index is 13.0. The fraction of sp³-hybridized carbons (Fsp3) is 0.904. The Morgan fingerprint density at radius 1 is 0.541 bits per heavy atom. The van der Waals surface area contributed by atoms with Gasteiger partial charge in [-0.1, -0.05) is 231 Å². The lowest BCUT2D eigenvalue weighted by atomic mass is 9.99. The van der Waals surface area contributed by atoms with E-state index in [2.05, 4.69) is 31.3 Å². The Morgan fingerprint density at radius 3 is 1.38 bits per heavy atom. The highest BCUT2D eigenvalue weighted by Crippen LogP contribution is 2.23. The summed E-state index contributed by atoms with van der Waals surface area (Å²) in [6, 6.07) is -0.817. The highest BCUT2D eigenvalue weighted by molar-refractivity contribution is 5.76. The molecule has 1 heterocycles. The van der Waals surface area contributed by atoms with E-state index >= 15 is 0 Å². The van der Waals surface area contributed by atoms with E-state index in [-0.39, 0.29) is 12.5 Å². The van der Waals surface area contributed by atoms with Crippen molar-refractivity contribution in [2.24, 2.45) is 0 Å². The van der Waals surface area contributed by atoms with Crippen molar-refractivity contribution in [3.63, 3.8) is 0 Å². The van der Waals surface area contributed by atoms with Gasteiger partial charge in [0, 0.05) is 6.42 Å². The first-order valence-electron chi connectivity index (χ1n) is 26.1. The van der Waals surface area contributed by atoms with Gasteiger partial charge < -0.3 is 40.3 Å². The summed E-state index contributed by atoms with van der Waals surface area (Å²) in [5, 5.41) is 54.3. The molecule has 6 N–H and O–H groups in total. The SMILES string of the molecule is CCCCCCCCCC/C=C/CC/C=C/C(O)C(COC1OC(CO)C(O)C(O)C1O)NC(=O)CCCCCCCCCCCCCCCCCCCCCCCCCC. The molecule has 0 aromatic carbocycles. The number of amides is 1. The van der Waals surface area contributed by atoms with Gasteiger partial charge in [-0.25, -0.2) is 0 Å². The van der Waals surface area contributed by atoms with Gasteiger partial charge in [0.15, 0.2) is 6.29 Å². The van der Waals surface area contributed by atoms with Crippen molar-refractivity contribution in [2.75, 3.05) is 13.2 Å². The smallest absolute Gasteiger partial charge is 0.220 e. The van der Waals surface area contributed by atoms with Gasteiger partial charge in [-0.15, -0.1) is 0 Å². The number of ether oxygens (including phenoxy) is 2. The van der Waals surface area contributed by atoms with E-state index < -0.39 is 49.5 Å². The summed E-state index contributed by atoms with van der Waals surface area (Å²) < 4.78 is 11.2. The molecule has 1 fully saturated rings. The number of allylic oxidation sites excluding steroid dienone is 3. The quantitative estimate of drug-likeness (QED) is 0.0262. The highest BCUT2D eigenvalue weighted by atomic mass is 16.7. The number of aliphatic hydroxyl groups is 5. The zero-order valence-electron chi connectivity index (χ0n) is 39.7. The minimum absolute atomic E-state index is 0.183. The van der Waals surface area contributed by atoms with Crippen LogP contribution in [0.5, 0.6) is 0 Å². The molecule has 1 aliphatic heterocycles. The minimum Gasteiger partial charge on any atom is -0.394 e. The van der Waals surface area contributed by atoms with Crippen LogP contribution >= 0.6 is 0 Å². The standard InChI is InChI=1S/C52H99NO8/c1-3-5-7-9-11-13-15-17-19-20-21-22-23-24-25-26-27-28-30-32-34-36-38-40-42-48(56)53-45(44-60-52-51(59)50(58)49(57)47(43-54)61-52)46(55)41-39-37-35-33-31-29-18-16-14-12-10-8-6-4-2/h31,33,39,41,45-47,49-52,54-55,57-59H,3-30,32,34-38,40,42-44H2,1-2H3,(H,53,56)/b33-31+,41-39+. The van der Waals surface area contributed by atoms with Gasteiger partial charge in [0.25, 0.3) is 0 Å². The number of unbranched alkanes of at least 4 members (excludes halogenated alkanes) is 32. The zero-order chi connectivity index (χ0) is 44.4. The lowest BCUT2D eigenvalue weighted by Crippen LogP contribution is -2.60. The fourth-order valence-electron chi connectivity index (χ4n) is 8.35. The molecule has 9 heteroatoms. The monoisotopic (exact) mass is 866 g/mol. The predicted molar refractivity (Wildman–Crippen MR) is 253 cm³/mol. The molecular weight excluding hydrogens is 767 g/mol. The minimum atomic E-state index is -1.57. The van der Waals surface area contributed by atoms with Crippen molar-refractivity contribution in [1.29, 1.82) is 0 Å². The molecule has 1 saturated heterocycles. The van der Waals surface area contributed by atoms with Crippen LogP contribution in [0.4, 0.5) is 0 Å². The van der Waals surface area contributed by atoms with Gasteiger partial charge >= 0.3 is 0 Å². The van der Waals surface area contributed by atoms with Crippen molar-refractivity contribution in [3.8, 4) is 0 Å². The number of carbonyl (C=O) groups excluding carboxylic acids is 1. The van der Waals surface area contributed by atoms with Crippen molar-refractivity contribution in [1.82, 2.24) is 5.32 Å². The summed E-state index contributed by atoms with van der Waals surface area (Å²) in [4.78, 5) is 13.0. The molecule has 61 heavy (non-hydrogen) atoms. The third-order valence-corrected chi connectivity index (χ3v) is 12.5. The summed E-state index contributed by atoms with van der Waals surface area (Å²) in [5.74, 6) is -0.183. The van der Waals surface area contributed by atoms with Gasteiger partial charge in [0.1, 0.15) is 24.4 Å². The number of hydrogen-bond acceptors (Lipinski definition) is 8. The van der Waals surface area contributed by atoms with Crippen LogP contribution in [-0.4, -0.2) is 87.5 Å². The Kier molecular flexibility index (Phi) is 40.3. The molecule has 0 spiro atoms. The van der Waals surface area contributed by atoms with E-state index in [4.69, 9.17) is 9.47 Å². The Labute approximate surface area is 375 Å². The summed E-state index contributed by atoms with van der Waals surface area (Å²) in [7, 11) is 0. The van der Waals surface area contributed by atoms with E-state index in [0.717, 1.165) is 38.5 Å². The highest BCUT2D eigenvalue weighted by Gasteiger charge is 2.44. The molecule has 1 aliphatic rings. The van der Waals surface area contributed by atoms with Crippen LogP contribution in [0.3, 0.4) is 0 Å². The molecule has 1 amide bonds. The second-order valence-electron chi connectivity index (χ2n) is 18.3. The molecule has 7 atom stereocenters. The van der Waals surface area contributed by atoms with Crippen LogP contribution in [0.15, 0.2) is 24.3 Å². The summed E-state index contributed by atoms with van der Waals surface area (Å²) in [6.07, 6.45) is 45.2. The molecule has 0 aromatic heterocycles. The molecule has 0 aliphatic carbocycles. The number of carbonyl (C=O) groups is 1. The van der Waals surface area contributed by atoms with Gasteiger partial charge in [-0.05, 0) is 32.1 Å². The predicted octanol–water partition coefficient (Wildman–Crippen LogP) is 11.8. The first-order valence-corrected chi connectivity index (χ1v) is 26.1. The zero-order valence-corrected chi connectivity index (χ0v) is 39.7. The topological polar surface area (TPSA) is 149 Å². The van der Waals surface area contributed by atoms with Crippen LogP contribution in [0.2, 0.25) is 0 Å². The van der Waals surface area contributed by atoms with Gasteiger partial charge in [-0.2, -0.15) is 0 Å². The van der Waals surface area contributed by atoms with E-state index in [1.165, 1.54) is 186 Å². The van der Waals surface area contributed by atoms with E-state index in [1.54, 1.807) is 6.08 Å². The molecular formula is C52H99NO8. The van der Waals surface area contributed by atoms with Crippen LogP contribution in [0.25, 0.3) is 0 Å². The number of aliphatic hydroxyl groups excluding tert-OH is 5. The maximum Gasteiger partial charge on any atom is 0.220 e. The normalized spacial score (nSPS) is 20.5. The first-order chi connectivity index (χ1) is 29.8. The van der Waals surface area contributed by atoms with Crippen LogP contribution in [-0.2, 0) is 14.3 Å². The first kappa shape index (κ1) is 57.7. The van der Waals surface area contributed by atoms with Crippen molar-refractivity contribution in [3.05, 3.63) is 24.3 Å². The Bertz CT molecular complexity index is 1010. The Morgan fingerprint density at radius 2 is 0.934 bits per heavy atom. The van der Waals surface area contributed by atoms with E-state index in [0.29, 0.717) is 6.42 Å². The third-order valence-electron chi connectivity index (χ3n) is 12.5. The van der Waals surface area contributed by atoms with Gasteiger partial charge in [-0.3, -0.25) is 4.79 Å². The number of rotatable bonds is 44. The van der Waals surface area contributed by atoms with E-state index in [9.17, 15) is 30.3 Å². The molecule has 0 saturated carbocycles. The lowest BCUT2D eigenvalue weighted by molar-refractivity contribution is -0.302. The molecule has 9 nitrogen and oxygen atoms in total. The number of hydrogen-bond donors (Lipinski definition) is 6. The Hall–Kier alpha value is -1.33. The Balaban J connectivity index is 2.24. The number of nitrogens with one attached hydrogen (secondary N) is 1. The maximum absolute atomic E-state index is 13.0. The largest absolute Gasteiger partial charge is 0.394 e. The van der Waals surface area contributed by atoms with Crippen LogP contribution in [0, 0.1) is 0 Å². The summed E-state index contributed by atoms with van der Waals surface area (Å²) in [5.41, 5.74) is 0. The molecule has 1 rings (SSSR count). The second kappa shape index (κ2) is 42.6. The van der Waals surface area contributed by atoms with Crippen LogP contribution < -0.4 is 5.32 Å².